The second-order valence-corrected chi connectivity index (χ2v) is 6.64. The van der Waals surface area contributed by atoms with E-state index in [0.717, 1.165) is 25.3 Å². The van der Waals surface area contributed by atoms with Gasteiger partial charge in [0.2, 0.25) is 0 Å². The first-order valence-electron chi connectivity index (χ1n) is 7.63. The Morgan fingerprint density at radius 3 is 2.65 bits per heavy atom. The fourth-order valence-electron chi connectivity index (χ4n) is 2.81. The van der Waals surface area contributed by atoms with Crippen molar-refractivity contribution in [1.29, 1.82) is 0 Å². The van der Waals surface area contributed by atoms with E-state index in [1.807, 2.05) is 6.20 Å². The Morgan fingerprint density at radius 2 is 2.04 bits per heavy atom. The minimum atomic E-state index is -0.476. The lowest BCUT2D eigenvalue weighted by Crippen LogP contribution is -2.34. The number of hydrogen-bond donors (Lipinski definition) is 0. The van der Waals surface area contributed by atoms with Crippen molar-refractivity contribution in [2.45, 2.75) is 39.3 Å². The van der Waals surface area contributed by atoms with Gasteiger partial charge in [-0.3, -0.25) is 4.68 Å². The summed E-state index contributed by atoms with van der Waals surface area (Å²) < 4.78 is 6.74. The number of carbonyl (C=O) groups excluding carboxylic acids is 1. The molecule has 1 aliphatic heterocycles. The molecule has 0 radical (unpaired) electrons. The third kappa shape index (κ3) is 2.91. The van der Waals surface area contributed by atoms with E-state index >= 15 is 0 Å². The number of carbonyl (C=O) groups is 1. The maximum Gasteiger partial charge on any atom is 0.358 e. The van der Waals surface area contributed by atoms with Crippen molar-refractivity contribution in [2.75, 3.05) is 18.6 Å². The monoisotopic (exact) mass is 315 g/mol. The van der Waals surface area contributed by atoms with Gasteiger partial charge in [0.1, 0.15) is 0 Å². The Morgan fingerprint density at radius 1 is 1.26 bits per heavy atom. The van der Waals surface area contributed by atoms with Crippen LogP contribution in [0.4, 0.5) is 5.82 Å². The molecule has 3 rings (SSSR count). The summed E-state index contributed by atoms with van der Waals surface area (Å²) in [6.45, 7) is 8.07. The molecular formula is C16H21N5O2. The summed E-state index contributed by atoms with van der Waals surface area (Å²) in [5, 5.41) is 12.6. The predicted molar refractivity (Wildman–Crippen MR) is 85.3 cm³/mol. The highest BCUT2D eigenvalue weighted by Gasteiger charge is 2.26. The third-order valence-corrected chi connectivity index (χ3v) is 3.94. The van der Waals surface area contributed by atoms with Crippen LogP contribution in [0.15, 0.2) is 18.3 Å². The summed E-state index contributed by atoms with van der Waals surface area (Å²) in [6, 6.07) is 3.45. The average Bonchev–Trinajstić information content (AvgIpc) is 2.97. The van der Waals surface area contributed by atoms with Gasteiger partial charge in [-0.15, -0.1) is 10.2 Å². The molecule has 7 heteroatoms. The molecule has 122 valence electrons. The topological polar surface area (TPSA) is 73.1 Å². The third-order valence-electron chi connectivity index (χ3n) is 3.94. The van der Waals surface area contributed by atoms with Crippen LogP contribution >= 0.6 is 0 Å². The lowest BCUT2D eigenvalue weighted by molar-refractivity contribution is 0.0592. The van der Waals surface area contributed by atoms with Gasteiger partial charge in [-0.05, 0) is 32.9 Å². The van der Waals surface area contributed by atoms with E-state index in [4.69, 9.17) is 0 Å². The van der Waals surface area contributed by atoms with E-state index in [-0.39, 0.29) is 11.2 Å². The molecule has 0 unspecified atom stereocenters. The van der Waals surface area contributed by atoms with E-state index < -0.39 is 5.97 Å². The molecule has 0 saturated heterocycles. The molecule has 3 heterocycles. The van der Waals surface area contributed by atoms with Crippen LogP contribution in [0.5, 0.6) is 0 Å². The van der Waals surface area contributed by atoms with Gasteiger partial charge in [-0.25, -0.2) is 4.79 Å². The molecule has 0 atom stereocenters. The standard InChI is InChI=1S/C16H21N5O2/c1-16(2,3)21-13-7-8-20(10-11(13)9-17-21)14-6-5-12(18-19-14)15(22)23-4/h5-6,9H,7-8,10H2,1-4H3. The number of methoxy groups -OCH3 is 1. The zero-order chi connectivity index (χ0) is 16.6. The summed E-state index contributed by atoms with van der Waals surface area (Å²) in [4.78, 5) is 13.6. The van der Waals surface area contributed by atoms with Gasteiger partial charge in [0, 0.05) is 30.8 Å². The van der Waals surface area contributed by atoms with Gasteiger partial charge in [0.15, 0.2) is 11.5 Å². The predicted octanol–water partition coefficient (Wildman–Crippen LogP) is 1.78. The van der Waals surface area contributed by atoms with Crippen LogP contribution in [0, 0.1) is 0 Å². The van der Waals surface area contributed by atoms with Crippen molar-refractivity contribution in [3.05, 3.63) is 35.3 Å². The molecule has 0 spiro atoms. The maximum absolute atomic E-state index is 11.4. The molecule has 2 aromatic heterocycles. The molecule has 0 aromatic carbocycles. The summed E-state index contributed by atoms with van der Waals surface area (Å²) in [6.07, 6.45) is 2.84. The van der Waals surface area contributed by atoms with Crippen molar-refractivity contribution >= 4 is 11.8 Å². The number of ether oxygens (including phenoxy) is 1. The van der Waals surface area contributed by atoms with Crippen LogP contribution in [0.1, 0.15) is 42.5 Å². The molecule has 7 nitrogen and oxygen atoms in total. The molecule has 0 amide bonds. The van der Waals surface area contributed by atoms with Gasteiger partial charge in [0.25, 0.3) is 0 Å². The Bertz CT molecular complexity index is 715. The quantitative estimate of drug-likeness (QED) is 0.787. The summed E-state index contributed by atoms with van der Waals surface area (Å²) in [5.41, 5.74) is 2.70. The number of nitrogens with zero attached hydrogens (tertiary/aromatic N) is 5. The Hall–Kier alpha value is -2.44. The molecule has 2 aromatic rings. The second-order valence-electron chi connectivity index (χ2n) is 6.64. The average molecular weight is 315 g/mol. The molecule has 23 heavy (non-hydrogen) atoms. The highest BCUT2D eigenvalue weighted by atomic mass is 16.5. The largest absolute Gasteiger partial charge is 0.464 e. The lowest BCUT2D eigenvalue weighted by Gasteiger charge is -2.30. The SMILES string of the molecule is COC(=O)c1ccc(N2CCc3c(cnn3C(C)(C)C)C2)nn1. The van der Waals surface area contributed by atoms with Crippen LogP contribution in [0.25, 0.3) is 0 Å². The fourth-order valence-corrected chi connectivity index (χ4v) is 2.81. The first kappa shape index (κ1) is 15.5. The van der Waals surface area contributed by atoms with Crippen LogP contribution in [-0.4, -0.2) is 39.6 Å². The molecule has 0 bridgehead atoms. The van der Waals surface area contributed by atoms with E-state index in [1.165, 1.54) is 18.4 Å². The normalized spacial score (nSPS) is 14.5. The highest BCUT2D eigenvalue weighted by molar-refractivity contribution is 5.86. The van der Waals surface area contributed by atoms with Crippen molar-refractivity contribution in [3.63, 3.8) is 0 Å². The zero-order valence-electron chi connectivity index (χ0n) is 13.9. The van der Waals surface area contributed by atoms with Crippen molar-refractivity contribution in [2.24, 2.45) is 0 Å². The Kier molecular flexibility index (Phi) is 3.79. The van der Waals surface area contributed by atoms with Crippen molar-refractivity contribution < 1.29 is 9.53 Å². The number of hydrogen-bond acceptors (Lipinski definition) is 6. The lowest BCUT2D eigenvalue weighted by atomic mass is 10.0. The molecule has 0 fully saturated rings. The first-order chi connectivity index (χ1) is 10.9. The van der Waals surface area contributed by atoms with Gasteiger partial charge >= 0.3 is 5.97 Å². The number of anilines is 1. The van der Waals surface area contributed by atoms with Crippen LogP contribution in [-0.2, 0) is 23.2 Å². The van der Waals surface area contributed by atoms with E-state index in [2.05, 4.69) is 50.4 Å². The van der Waals surface area contributed by atoms with Gasteiger partial charge < -0.3 is 9.64 Å². The molecule has 0 aliphatic carbocycles. The van der Waals surface area contributed by atoms with Crippen LogP contribution < -0.4 is 4.90 Å². The summed E-state index contributed by atoms with van der Waals surface area (Å²) in [7, 11) is 1.33. The van der Waals surface area contributed by atoms with E-state index in [9.17, 15) is 4.79 Å². The van der Waals surface area contributed by atoms with E-state index in [0.29, 0.717) is 0 Å². The smallest absolute Gasteiger partial charge is 0.358 e. The first-order valence-corrected chi connectivity index (χ1v) is 7.63. The summed E-state index contributed by atoms with van der Waals surface area (Å²) in [5.74, 6) is 0.281. The van der Waals surface area contributed by atoms with Crippen LogP contribution in [0.3, 0.4) is 0 Å². The molecule has 0 saturated carbocycles. The second kappa shape index (κ2) is 5.64. The minimum Gasteiger partial charge on any atom is -0.464 e. The molecule has 0 N–H and O–H groups in total. The molecule has 1 aliphatic rings. The highest BCUT2D eigenvalue weighted by Crippen LogP contribution is 2.26. The van der Waals surface area contributed by atoms with Crippen molar-refractivity contribution in [3.8, 4) is 0 Å². The van der Waals surface area contributed by atoms with Crippen molar-refractivity contribution in [1.82, 2.24) is 20.0 Å². The Balaban J connectivity index is 1.80. The number of aromatic nitrogens is 4. The number of esters is 1. The minimum absolute atomic E-state index is 0.0161. The van der Waals surface area contributed by atoms with Gasteiger partial charge in [0.05, 0.1) is 18.8 Å². The zero-order valence-corrected chi connectivity index (χ0v) is 13.9. The van der Waals surface area contributed by atoms with Crippen LogP contribution in [0.2, 0.25) is 0 Å². The van der Waals surface area contributed by atoms with Gasteiger partial charge in [-0.2, -0.15) is 5.10 Å². The Labute approximate surface area is 135 Å². The summed E-state index contributed by atoms with van der Waals surface area (Å²) >= 11 is 0. The number of rotatable bonds is 2. The number of fused-ring (bicyclic) bond motifs is 1. The fraction of sp³-hybridized carbons (Fsp3) is 0.500. The van der Waals surface area contributed by atoms with E-state index in [1.54, 1.807) is 12.1 Å². The molecular weight excluding hydrogens is 294 g/mol. The van der Waals surface area contributed by atoms with Gasteiger partial charge in [-0.1, -0.05) is 0 Å². The maximum atomic E-state index is 11.4.